The van der Waals surface area contributed by atoms with Crippen LogP contribution in [0.1, 0.15) is 28.9 Å². The van der Waals surface area contributed by atoms with Crippen molar-refractivity contribution in [2.45, 2.75) is 31.3 Å². The Bertz CT molecular complexity index is 1150. The molecule has 24 heavy (non-hydrogen) atoms. The second-order valence-electron chi connectivity index (χ2n) is 7.15. The zero-order valence-electron chi connectivity index (χ0n) is 13.2. The average molecular weight is 316 g/mol. The number of epoxide rings is 1. The Balaban J connectivity index is 1.89. The summed E-state index contributed by atoms with van der Waals surface area (Å²) in [6, 6.07) is 14.9. The Morgan fingerprint density at radius 2 is 1.62 bits per heavy atom. The normalized spacial score (nSPS) is 28.5. The maximum atomic E-state index is 10.6. The molecule has 0 unspecified atom stereocenters. The van der Waals surface area contributed by atoms with Crippen LogP contribution in [0.4, 0.5) is 0 Å². The van der Waals surface area contributed by atoms with Gasteiger partial charge in [0.05, 0.1) is 0 Å². The number of benzene rings is 4. The maximum absolute atomic E-state index is 10.6. The van der Waals surface area contributed by atoms with E-state index >= 15 is 0 Å². The fourth-order valence-corrected chi connectivity index (χ4v) is 4.70. The molecule has 0 spiro atoms. The van der Waals surface area contributed by atoms with Crippen LogP contribution < -0.4 is 0 Å². The lowest BCUT2D eigenvalue weighted by Gasteiger charge is -2.26. The van der Waals surface area contributed by atoms with Crippen LogP contribution in [-0.4, -0.2) is 22.4 Å². The van der Waals surface area contributed by atoms with Gasteiger partial charge in [0.15, 0.2) is 0 Å². The van der Waals surface area contributed by atoms with E-state index in [1.54, 1.807) is 0 Å². The fraction of sp³-hybridized carbons (Fsp3) is 0.238. The van der Waals surface area contributed by atoms with Crippen molar-refractivity contribution < 1.29 is 14.9 Å². The van der Waals surface area contributed by atoms with E-state index in [9.17, 15) is 10.2 Å². The molecule has 1 fully saturated rings. The van der Waals surface area contributed by atoms with Crippen molar-refractivity contribution in [2.24, 2.45) is 0 Å². The van der Waals surface area contributed by atoms with Gasteiger partial charge in [0.25, 0.3) is 0 Å². The highest BCUT2D eigenvalue weighted by Gasteiger charge is 2.54. The number of hydrogen-bond acceptors (Lipinski definition) is 3. The monoisotopic (exact) mass is 316 g/mol. The Labute approximate surface area is 138 Å². The van der Waals surface area contributed by atoms with Crippen molar-refractivity contribution in [1.82, 2.24) is 0 Å². The molecule has 118 valence electrons. The number of aliphatic hydroxyl groups is 2. The molecule has 2 aliphatic rings. The smallest absolute Gasteiger partial charge is 0.118 e. The predicted octanol–water partition coefficient (Wildman–Crippen LogP) is 3.74. The van der Waals surface area contributed by atoms with Gasteiger partial charge in [-0.2, -0.15) is 0 Å². The molecule has 0 saturated carbocycles. The molecule has 0 bridgehead atoms. The lowest BCUT2D eigenvalue weighted by Crippen LogP contribution is -2.29. The Hall–Kier alpha value is -2.20. The second-order valence-corrected chi connectivity index (χ2v) is 7.15. The van der Waals surface area contributed by atoms with Gasteiger partial charge in [-0.25, -0.2) is 0 Å². The third-order valence-electron chi connectivity index (χ3n) is 5.81. The lowest BCUT2D eigenvalue weighted by molar-refractivity contribution is 0.000161. The molecule has 0 amide bonds. The van der Waals surface area contributed by atoms with Gasteiger partial charge in [0.2, 0.25) is 0 Å². The minimum atomic E-state index is -0.884. The zero-order valence-corrected chi connectivity index (χ0v) is 13.2. The molecule has 1 aliphatic heterocycles. The largest absolute Gasteiger partial charge is 0.387 e. The van der Waals surface area contributed by atoms with Crippen LogP contribution >= 0.6 is 0 Å². The average Bonchev–Trinajstić information content (AvgIpc) is 3.38. The van der Waals surface area contributed by atoms with Crippen molar-refractivity contribution in [3.05, 3.63) is 59.2 Å². The molecule has 0 radical (unpaired) electrons. The highest BCUT2D eigenvalue weighted by molar-refractivity contribution is 6.24. The van der Waals surface area contributed by atoms with Gasteiger partial charge in [-0.3, -0.25) is 0 Å². The van der Waals surface area contributed by atoms with Crippen LogP contribution in [0, 0.1) is 6.92 Å². The van der Waals surface area contributed by atoms with Crippen LogP contribution in [0.3, 0.4) is 0 Å². The quantitative estimate of drug-likeness (QED) is 0.384. The van der Waals surface area contributed by atoms with E-state index in [2.05, 4.69) is 43.3 Å². The SMILES string of the molecule is Cc1cc2cccc3ccc4cc5c(c1c4c32)[C@H]1O[C@H]1[C@@H](O)[C@@H]5O. The van der Waals surface area contributed by atoms with Gasteiger partial charge >= 0.3 is 0 Å². The Morgan fingerprint density at radius 1 is 0.875 bits per heavy atom. The van der Waals surface area contributed by atoms with Crippen LogP contribution in [0.2, 0.25) is 0 Å². The van der Waals surface area contributed by atoms with Crippen LogP contribution in [0.15, 0.2) is 42.5 Å². The van der Waals surface area contributed by atoms with Gasteiger partial charge < -0.3 is 14.9 Å². The molecule has 4 aromatic rings. The zero-order chi connectivity index (χ0) is 16.2. The molecule has 4 aromatic carbocycles. The Kier molecular flexibility index (Phi) is 2.22. The van der Waals surface area contributed by atoms with Gasteiger partial charge in [-0.05, 0) is 62.0 Å². The molecule has 1 saturated heterocycles. The first-order valence-corrected chi connectivity index (χ1v) is 8.37. The molecular weight excluding hydrogens is 300 g/mol. The number of ether oxygens (including phenoxy) is 1. The molecule has 3 heteroatoms. The third-order valence-corrected chi connectivity index (χ3v) is 5.81. The highest BCUT2D eigenvalue weighted by Crippen LogP contribution is 2.55. The van der Waals surface area contributed by atoms with Gasteiger partial charge in [0, 0.05) is 0 Å². The third kappa shape index (κ3) is 1.40. The summed E-state index contributed by atoms with van der Waals surface area (Å²) < 4.78 is 5.72. The second kappa shape index (κ2) is 4.06. The highest BCUT2D eigenvalue weighted by atomic mass is 16.6. The Morgan fingerprint density at radius 3 is 2.50 bits per heavy atom. The maximum Gasteiger partial charge on any atom is 0.118 e. The molecule has 6 rings (SSSR count). The van der Waals surface area contributed by atoms with Crippen molar-refractivity contribution in [1.29, 1.82) is 0 Å². The molecule has 0 aromatic heterocycles. The first kappa shape index (κ1) is 13.1. The summed E-state index contributed by atoms with van der Waals surface area (Å²) >= 11 is 0. The topological polar surface area (TPSA) is 53.0 Å². The van der Waals surface area contributed by atoms with Gasteiger partial charge in [-0.15, -0.1) is 0 Å². The van der Waals surface area contributed by atoms with Crippen molar-refractivity contribution in [3.63, 3.8) is 0 Å². The number of fused-ring (bicyclic) bond motifs is 4. The molecule has 2 N–H and O–H groups in total. The van der Waals surface area contributed by atoms with E-state index in [0.717, 1.165) is 16.5 Å². The number of hydrogen-bond donors (Lipinski definition) is 2. The first-order valence-electron chi connectivity index (χ1n) is 8.37. The van der Waals surface area contributed by atoms with E-state index in [1.165, 1.54) is 32.5 Å². The summed E-state index contributed by atoms with van der Waals surface area (Å²) in [6.07, 6.45) is -2.09. The van der Waals surface area contributed by atoms with Crippen LogP contribution in [0.25, 0.3) is 32.3 Å². The molecule has 4 atom stereocenters. The van der Waals surface area contributed by atoms with E-state index in [-0.39, 0.29) is 12.2 Å². The van der Waals surface area contributed by atoms with E-state index in [0.29, 0.717) is 0 Å². The summed E-state index contributed by atoms with van der Waals surface area (Å²) in [5, 5.41) is 28.1. The standard InChI is InChI=1S/C21H16O3/c1-9-7-11-4-2-3-10-5-6-12-8-13-17(14(9)16(12)15(10)11)20-21(24-20)19(23)18(13)22/h2-8,18-23H,1H3/t18-,19+,20-,21+/m1/s1. The van der Waals surface area contributed by atoms with Crippen molar-refractivity contribution >= 4 is 32.3 Å². The molecule has 3 nitrogen and oxygen atoms in total. The molecule has 1 aliphatic carbocycles. The van der Waals surface area contributed by atoms with E-state index in [4.69, 9.17) is 4.74 Å². The minimum absolute atomic E-state index is 0.0957. The summed E-state index contributed by atoms with van der Waals surface area (Å²) in [6.45, 7) is 2.12. The van der Waals surface area contributed by atoms with Crippen molar-refractivity contribution in [2.75, 3.05) is 0 Å². The lowest BCUT2D eigenvalue weighted by atomic mass is 9.80. The predicted molar refractivity (Wildman–Crippen MR) is 93.5 cm³/mol. The number of aliphatic hydroxyl groups excluding tert-OH is 2. The number of aryl methyl sites for hydroxylation is 1. The van der Waals surface area contributed by atoms with Crippen molar-refractivity contribution in [3.8, 4) is 0 Å². The minimum Gasteiger partial charge on any atom is -0.387 e. The number of rotatable bonds is 0. The van der Waals surface area contributed by atoms with Crippen LogP contribution in [-0.2, 0) is 4.74 Å². The van der Waals surface area contributed by atoms with Gasteiger partial charge in [0.1, 0.15) is 24.4 Å². The van der Waals surface area contributed by atoms with Gasteiger partial charge in [-0.1, -0.05) is 36.4 Å². The van der Waals surface area contributed by atoms with E-state index < -0.39 is 12.2 Å². The first-order chi connectivity index (χ1) is 11.6. The van der Waals surface area contributed by atoms with E-state index in [1.807, 2.05) is 6.07 Å². The fourth-order valence-electron chi connectivity index (χ4n) is 4.70. The molecule has 1 heterocycles. The van der Waals surface area contributed by atoms with Crippen LogP contribution in [0.5, 0.6) is 0 Å². The summed E-state index contributed by atoms with van der Waals surface area (Å²) in [5.74, 6) is 0. The summed E-state index contributed by atoms with van der Waals surface area (Å²) in [7, 11) is 0. The molecular formula is C21H16O3. The summed E-state index contributed by atoms with van der Waals surface area (Å²) in [5.41, 5.74) is 3.08. The summed E-state index contributed by atoms with van der Waals surface area (Å²) in [4.78, 5) is 0.